The maximum atomic E-state index is 14.2. The fraction of sp³-hybridized carbons (Fsp3) is 0.587. The molecule has 10 aliphatic rings. The molecule has 2 unspecified atom stereocenters. The van der Waals surface area contributed by atoms with Gasteiger partial charge in [-0.25, -0.2) is 63.1 Å². The minimum Gasteiger partial charge on any atom is -0.540 e. The number of amides is 6. The normalized spacial score (nSPS) is 28.5. The number of nitrogens with one attached hydrogen (secondary N) is 3. The SMILES string of the molecule is C[C@@H]1[C@@H]2CN(C(=O)[C@H](C(C)(C)C)NC(=O)O[C@@H]3CC4CC4[C@H]3CCCCCc3nc4ccc(OCc5cnccn5)cc4nc3O2)[C@@H]1[C-]=O.C[C@@H]1[C@@H]2CN(C(=O)[C@H](C(C)(C)C)NC(=O)O[C@]3(C)CCC[C@H]3CCCCCc3nc4ccc(OCc5cnccn5)cc4nc3O2)[C@@H]1[C-]=O.C[C@@H]1[C@@H]2CN(C(=O)[C@H](C(C)(C)C)NC(=O)O[C@]3(C)C[C@H]3CCCCCc3nc4ccc(OCc5cnccn5)cc4nc3O2)[C@@H]1[C-]=O.[V].[V].[V]. The number of benzene rings is 3. The van der Waals surface area contributed by atoms with Gasteiger partial charge in [-0.3, -0.25) is 44.3 Å². The van der Waals surface area contributed by atoms with Crippen LogP contribution in [-0.2, 0) is 138 Å². The maximum absolute atomic E-state index is 14.2. The molecule has 36 nitrogen and oxygen atoms in total. The van der Waals surface area contributed by atoms with Crippen LogP contribution in [0.1, 0.15) is 247 Å². The minimum atomic E-state index is -0.930. The molecule has 9 aromatic rings. The van der Waals surface area contributed by atoms with Crippen molar-refractivity contribution >= 4 is 88.0 Å². The zero-order valence-electron chi connectivity index (χ0n) is 86.8. The first-order valence-corrected chi connectivity index (χ1v) is 51.5. The van der Waals surface area contributed by atoms with Crippen molar-refractivity contribution in [2.75, 3.05) is 19.6 Å². The maximum Gasteiger partial charge on any atom is 0.408 e. The Hall–Kier alpha value is -11.3. The van der Waals surface area contributed by atoms with Crippen LogP contribution in [0.3, 0.4) is 0 Å². The summed E-state index contributed by atoms with van der Waals surface area (Å²) in [7, 11) is 0. The van der Waals surface area contributed by atoms with Crippen LogP contribution in [0.5, 0.6) is 34.9 Å². The third-order valence-electron chi connectivity index (χ3n) is 30.8. The van der Waals surface area contributed by atoms with Crippen LogP contribution >= 0.6 is 0 Å². The molecule has 6 bridgehead atoms. The summed E-state index contributed by atoms with van der Waals surface area (Å²) in [6, 6.07) is 11.4. The molecule has 0 spiro atoms. The topological polar surface area (TPSA) is 437 Å². The molecule has 3 aromatic carbocycles. The van der Waals surface area contributed by atoms with Gasteiger partial charge < -0.3 is 87.7 Å². The number of nitrogens with zero attached hydrogens (tertiary/aromatic N) is 15. The molecular weight excluding hydrogens is 2000 g/mol. The van der Waals surface area contributed by atoms with Crippen molar-refractivity contribution in [3.63, 3.8) is 0 Å². The monoisotopic (exact) mass is 2140 g/mol. The molecule has 148 heavy (non-hydrogen) atoms. The third kappa shape index (κ3) is 26.6. The molecule has 39 heteroatoms. The first kappa shape index (κ1) is 112. The largest absolute Gasteiger partial charge is 0.540 e. The fourth-order valence-electron chi connectivity index (χ4n) is 22.0. The van der Waals surface area contributed by atoms with Gasteiger partial charge in [-0.05, 0) is 204 Å². The molecular formula is C109H135N18O18V3-3. The fourth-order valence-corrected chi connectivity index (χ4v) is 22.0. The number of fused-ring (bicyclic) bond motifs is 17. The smallest absolute Gasteiger partial charge is 0.408 e. The average Bonchev–Trinajstić information content (AvgIpc) is 1.58. The number of rotatable bonds is 12. The Morgan fingerprint density at radius 1 is 0.392 bits per heavy atom. The van der Waals surface area contributed by atoms with Gasteiger partial charge in [-0.1, -0.05) is 140 Å². The Morgan fingerprint density at radius 2 is 0.743 bits per heavy atom. The third-order valence-corrected chi connectivity index (χ3v) is 30.8. The van der Waals surface area contributed by atoms with Gasteiger partial charge in [0, 0.05) is 117 Å². The molecule has 4 aliphatic carbocycles. The first-order chi connectivity index (χ1) is 69.5. The molecule has 20 atom stereocenters. The van der Waals surface area contributed by atoms with Crippen molar-refractivity contribution < 1.29 is 141 Å². The number of alkyl carbamates (subject to hydrolysis) is 3. The van der Waals surface area contributed by atoms with E-state index in [2.05, 4.69) is 64.7 Å². The second-order valence-corrected chi connectivity index (χ2v) is 44.6. The van der Waals surface area contributed by atoms with E-state index in [-0.39, 0.29) is 149 Å². The van der Waals surface area contributed by atoms with E-state index in [1.807, 2.05) is 152 Å². The molecule has 6 aromatic heterocycles. The summed E-state index contributed by atoms with van der Waals surface area (Å²) < 4.78 is 55.7. The van der Waals surface area contributed by atoms with Gasteiger partial charge in [-0.2, -0.15) is 0 Å². The molecule has 6 amide bonds. The van der Waals surface area contributed by atoms with Crippen molar-refractivity contribution in [3.8, 4) is 34.9 Å². The van der Waals surface area contributed by atoms with Crippen molar-refractivity contribution in [2.24, 2.45) is 63.6 Å². The Balaban J connectivity index is 0.000000173. The summed E-state index contributed by atoms with van der Waals surface area (Å²) in [5, 5.41) is 8.61. The van der Waals surface area contributed by atoms with Crippen LogP contribution in [0.25, 0.3) is 33.1 Å². The van der Waals surface area contributed by atoms with Crippen LogP contribution in [0, 0.1) is 63.6 Å². The van der Waals surface area contributed by atoms with E-state index < -0.39 is 100 Å². The van der Waals surface area contributed by atoms with Crippen LogP contribution in [0.2, 0.25) is 0 Å². The van der Waals surface area contributed by atoms with Crippen LogP contribution in [0.15, 0.2) is 110 Å². The molecule has 787 valence electrons. The summed E-state index contributed by atoms with van der Waals surface area (Å²) in [5.74, 6) is 2.76. The van der Waals surface area contributed by atoms with Gasteiger partial charge in [-0.15, -0.1) is 0 Å². The van der Waals surface area contributed by atoms with Gasteiger partial charge >= 0.3 is 18.3 Å². The molecule has 12 heterocycles. The Morgan fingerprint density at radius 3 is 1.10 bits per heavy atom. The van der Waals surface area contributed by atoms with Crippen molar-refractivity contribution in [2.45, 2.75) is 323 Å². The zero-order chi connectivity index (χ0) is 102. The van der Waals surface area contributed by atoms with Crippen molar-refractivity contribution in [1.29, 1.82) is 0 Å². The second kappa shape index (κ2) is 48.3. The molecule has 6 aliphatic heterocycles. The van der Waals surface area contributed by atoms with Crippen molar-refractivity contribution in [1.82, 2.24) is 90.5 Å². The minimum absolute atomic E-state index is 0. The molecule has 19 rings (SSSR count). The van der Waals surface area contributed by atoms with E-state index in [9.17, 15) is 43.2 Å². The summed E-state index contributed by atoms with van der Waals surface area (Å²) in [6.07, 6.45) is 36.4. The summed E-state index contributed by atoms with van der Waals surface area (Å²) >= 11 is 0. The first-order valence-electron chi connectivity index (χ1n) is 51.5. The Bertz CT molecular complexity index is 6040. The van der Waals surface area contributed by atoms with Crippen LogP contribution in [-0.4, -0.2) is 221 Å². The summed E-state index contributed by atoms with van der Waals surface area (Å²) in [4.78, 5) is 179. The van der Waals surface area contributed by atoms with Crippen LogP contribution in [0.4, 0.5) is 14.4 Å². The van der Waals surface area contributed by atoms with E-state index in [1.165, 1.54) is 21.1 Å². The Labute approximate surface area is 899 Å². The Kier molecular flexibility index (Phi) is 36.7. The number of carbonyl (C=O) groups is 6. The van der Waals surface area contributed by atoms with Gasteiger partial charge in [0.1, 0.15) is 108 Å². The number of hydrogen-bond donors (Lipinski definition) is 3. The van der Waals surface area contributed by atoms with Crippen LogP contribution < -0.4 is 44.4 Å². The van der Waals surface area contributed by atoms with E-state index in [0.29, 0.717) is 117 Å². The number of hydrogen-bond acceptors (Lipinski definition) is 30. The quantitative estimate of drug-likeness (QED) is 0.0755. The predicted molar refractivity (Wildman–Crippen MR) is 533 cm³/mol. The molecule has 3 radical (unpaired) electrons. The zero-order valence-corrected chi connectivity index (χ0v) is 91.0. The molecule has 4 saturated carbocycles. The standard InChI is InChI=1S/C37H45N6O6.C37H47N6O6.C35H43N6O6.3V/c1-21-30(19-44)43-18-32(21)48-34-28(40-27-11-10-24(16-29(27)41-34)47-20-23-17-38-12-13-39-23)9-7-5-6-8-25-26-14-22(26)15-31(25)49-36(46)42-33(35(43)45)37(2,3)4;1-23-30(21-44)43-20-31(23)48-33-28(40-27-14-13-26(18-29(27)41-33)47-22-25-19-38-16-17-39-25)12-8-6-7-10-24-11-9-15-37(24,5)49-35(46)42-32(34(43)45)36(2,3)4;1-21-28(19-42)41-18-29(21)46-31-26(38-25-12-11-24(15-27(25)39-31)45-20-23-17-36-13-14-37-23)10-8-6-7-9-22-16-35(22,5)47-33(44)40-30(32(41)43)34(2,3)4;;;/h10-13,16-17,21-22,25-26,30-33H,5-9,14-15,18,20H2,1-4H3,(H,42,46);13-14,16-19,23-24,30-32H,6-12,15,20,22H2,1-5H3,(H,42,46);11-15,17,21-22,28-30H,6-10,16,18,20H2,1-5H3,(H,40,44);;;/q3*-1;;;/t21-,22?,25+,26?,30+,31+,32-,33+;23-,24+,30+,31-,32+,37+;21-,22+,28+,29-,30+,35+;;;/m000.../s1. The molecule has 3 N–H and O–H groups in total. The number of carbonyl (C=O) groups excluding carboxylic acids is 9. The molecule has 7 fully saturated rings. The number of aryl methyl sites for hydroxylation is 3. The summed E-state index contributed by atoms with van der Waals surface area (Å²) in [6.45, 7) is 27.7. The second-order valence-electron chi connectivity index (χ2n) is 44.6. The number of ether oxygens (including phenoxy) is 9. The van der Waals surface area contributed by atoms with Gasteiger partial charge in [0.05, 0.1) is 88.4 Å². The van der Waals surface area contributed by atoms with E-state index >= 15 is 0 Å². The van der Waals surface area contributed by atoms with E-state index in [0.717, 1.165) is 132 Å². The number of aromatic nitrogens is 12. The predicted octanol–water partition coefficient (Wildman–Crippen LogP) is 15.2. The van der Waals surface area contributed by atoms with E-state index in [4.69, 9.17) is 72.5 Å². The summed E-state index contributed by atoms with van der Waals surface area (Å²) in [5.41, 5.74) is 5.18. The molecule has 3 saturated heterocycles. The van der Waals surface area contributed by atoms with Gasteiger partial charge in [0.2, 0.25) is 35.4 Å². The van der Waals surface area contributed by atoms with Gasteiger partial charge in [0.25, 0.3) is 0 Å². The van der Waals surface area contributed by atoms with Crippen molar-refractivity contribution in [3.05, 3.63) is 145 Å². The van der Waals surface area contributed by atoms with E-state index in [1.54, 1.807) is 55.8 Å². The average molecular weight is 2140 g/mol. The van der Waals surface area contributed by atoms with Gasteiger partial charge in [0.15, 0.2) is 0 Å².